The minimum atomic E-state index is -4.77. The van der Waals surface area contributed by atoms with Gasteiger partial charge in [0.15, 0.2) is 11.3 Å². The number of benzene rings is 3. The second-order valence-corrected chi connectivity index (χ2v) is 11.3. The Hall–Kier alpha value is -4.76. The Kier molecular flexibility index (Phi) is 10.0. The van der Waals surface area contributed by atoms with E-state index in [-0.39, 0.29) is 17.4 Å². The van der Waals surface area contributed by atoms with Gasteiger partial charge < -0.3 is 14.8 Å². The molecular weight excluding hydrogens is 625 g/mol. The van der Waals surface area contributed by atoms with Crippen LogP contribution < -0.4 is 25.2 Å². The molecule has 0 bridgehead atoms. The number of carbonyl (C=O) groups excluding carboxylic acids is 2. The molecule has 1 aliphatic heterocycles. The number of hydroxylamine groups is 1. The maximum absolute atomic E-state index is 12.8. The average molecular weight is 657 g/mol. The minimum absolute atomic E-state index is 0.122. The predicted octanol–water partition coefficient (Wildman–Crippen LogP) is 6.15. The van der Waals surface area contributed by atoms with Crippen LogP contribution in [0.5, 0.6) is 11.5 Å². The summed E-state index contributed by atoms with van der Waals surface area (Å²) in [6.45, 7) is 3.82. The fraction of sp³-hybridized carbons (Fsp3) is 0.290. The molecule has 11 nitrogen and oxygen atoms in total. The summed E-state index contributed by atoms with van der Waals surface area (Å²) in [5, 5.41) is 7.21. The number of alkyl halides is 3. The number of halogens is 3. The number of nitrogens with one attached hydrogen (secondary N) is 2. The number of hydrogen-bond acceptors (Lipinski definition) is 8. The van der Waals surface area contributed by atoms with Crippen molar-refractivity contribution in [1.82, 2.24) is 25.6 Å². The lowest BCUT2D eigenvalue weighted by molar-refractivity contribution is -0.274. The lowest BCUT2D eigenvalue weighted by Gasteiger charge is -2.27. The second-order valence-electron chi connectivity index (χ2n) is 10.2. The van der Waals surface area contributed by atoms with Gasteiger partial charge in [0.2, 0.25) is 5.91 Å². The van der Waals surface area contributed by atoms with E-state index < -0.39 is 24.0 Å². The summed E-state index contributed by atoms with van der Waals surface area (Å²) < 4.78 is 48.0. The summed E-state index contributed by atoms with van der Waals surface area (Å²) in [5.41, 5.74) is 5.42. The van der Waals surface area contributed by atoms with E-state index in [9.17, 15) is 22.8 Å². The van der Waals surface area contributed by atoms with Gasteiger partial charge in [0.05, 0.1) is 24.2 Å². The molecule has 242 valence electrons. The van der Waals surface area contributed by atoms with E-state index in [1.807, 2.05) is 12.1 Å². The zero-order valence-electron chi connectivity index (χ0n) is 25.1. The summed E-state index contributed by atoms with van der Waals surface area (Å²) in [5.74, 6) is 0.776. The topological polar surface area (TPSA) is 120 Å². The predicted molar refractivity (Wildman–Crippen MR) is 165 cm³/mol. The first-order chi connectivity index (χ1) is 22.0. The fourth-order valence-electron chi connectivity index (χ4n) is 4.74. The van der Waals surface area contributed by atoms with Crippen LogP contribution in [0.15, 0.2) is 73.1 Å². The number of carbonyl (C=O) groups is 2. The number of ether oxygens (including phenoxy) is 2. The molecule has 3 aromatic carbocycles. The van der Waals surface area contributed by atoms with Gasteiger partial charge in [-0.25, -0.2) is 19.9 Å². The third-order valence-electron chi connectivity index (χ3n) is 6.99. The summed E-state index contributed by atoms with van der Waals surface area (Å²) in [6, 6.07) is 17.4. The highest BCUT2D eigenvalue weighted by atomic mass is 32.2. The Labute approximate surface area is 267 Å². The van der Waals surface area contributed by atoms with Gasteiger partial charge in [0.25, 0.3) is 0 Å². The Bertz CT molecular complexity index is 1670. The molecular formula is C31H31F3N6O5S. The van der Waals surface area contributed by atoms with Gasteiger partial charge in [-0.05, 0) is 54.8 Å². The molecule has 0 saturated carbocycles. The first-order valence-corrected chi connectivity index (χ1v) is 15.3. The lowest BCUT2D eigenvalue weighted by atomic mass is 10.1. The van der Waals surface area contributed by atoms with Crippen LogP contribution >= 0.6 is 11.8 Å². The molecule has 5 rings (SSSR count). The Balaban J connectivity index is 1.17. The van der Waals surface area contributed by atoms with Crippen molar-refractivity contribution >= 4 is 29.4 Å². The van der Waals surface area contributed by atoms with Crippen molar-refractivity contribution in [1.29, 1.82) is 0 Å². The largest absolute Gasteiger partial charge is 0.573 e. The molecule has 0 aliphatic carbocycles. The van der Waals surface area contributed by atoms with E-state index in [0.29, 0.717) is 28.5 Å². The molecule has 3 amide bonds. The third kappa shape index (κ3) is 7.90. The highest BCUT2D eigenvalue weighted by molar-refractivity contribution is 8.01. The molecule has 1 aliphatic rings. The van der Waals surface area contributed by atoms with Gasteiger partial charge in [-0.1, -0.05) is 43.7 Å². The summed E-state index contributed by atoms with van der Waals surface area (Å²) in [4.78, 5) is 37.1. The Morgan fingerprint density at radius 3 is 2.48 bits per heavy atom. The number of aryl methyl sites for hydroxylation is 1. The third-order valence-corrected chi connectivity index (χ3v) is 8.05. The number of urea groups is 1. The van der Waals surface area contributed by atoms with Gasteiger partial charge in [0, 0.05) is 11.6 Å². The molecule has 2 N–H and O–H groups in total. The lowest BCUT2D eigenvalue weighted by Crippen LogP contribution is -2.48. The van der Waals surface area contributed by atoms with Gasteiger partial charge in [-0.15, -0.1) is 30.0 Å². The van der Waals surface area contributed by atoms with E-state index >= 15 is 0 Å². The molecule has 2 unspecified atom stereocenters. The van der Waals surface area contributed by atoms with Gasteiger partial charge in [-0.2, -0.15) is 0 Å². The number of hydrogen-bond donors (Lipinski definition) is 2. The molecule has 1 aromatic heterocycles. The number of aromatic nitrogens is 3. The van der Waals surface area contributed by atoms with Crippen molar-refractivity contribution in [3.8, 4) is 28.6 Å². The molecule has 1 saturated heterocycles. The maximum atomic E-state index is 12.8. The van der Waals surface area contributed by atoms with Crippen molar-refractivity contribution < 1.29 is 37.1 Å². The molecule has 15 heteroatoms. The standard InChI is InChI=1S/C31H31F3N6O5S/c1-4-5-21-10-13-25(43-3)16-26(21)40-27(41)17-46-30(40)36-29(42)38-45-19(2)20-6-8-22(9-7-20)28-35-18-39(37-28)23-11-14-24(15-12-23)44-31(32,33)34/h6-16,18-19,30H,4-5,17H2,1-3H3,(H2,36,38,42). The van der Waals surface area contributed by atoms with E-state index in [2.05, 4.69) is 32.5 Å². The van der Waals surface area contributed by atoms with E-state index in [4.69, 9.17) is 9.57 Å². The highest BCUT2D eigenvalue weighted by Gasteiger charge is 2.35. The van der Waals surface area contributed by atoms with Crippen LogP contribution in [-0.4, -0.2) is 51.4 Å². The molecule has 0 spiro atoms. The minimum Gasteiger partial charge on any atom is -0.497 e. The first kappa shape index (κ1) is 32.6. The first-order valence-electron chi connectivity index (χ1n) is 14.3. The zero-order chi connectivity index (χ0) is 32.8. The zero-order valence-corrected chi connectivity index (χ0v) is 25.9. The molecule has 46 heavy (non-hydrogen) atoms. The van der Waals surface area contributed by atoms with E-state index in [1.165, 1.54) is 47.0 Å². The van der Waals surface area contributed by atoms with Crippen molar-refractivity contribution in [3.05, 3.63) is 84.2 Å². The van der Waals surface area contributed by atoms with Crippen molar-refractivity contribution in [2.75, 3.05) is 17.8 Å². The second kappa shape index (κ2) is 14.1. The molecule has 2 heterocycles. The quantitative estimate of drug-likeness (QED) is 0.185. The number of thioether (sulfide) groups is 1. The Morgan fingerprint density at radius 1 is 1.09 bits per heavy atom. The number of methoxy groups -OCH3 is 1. The van der Waals surface area contributed by atoms with Gasteiger partial charge in [-0.3, -0.25) is 14.5 Å². The van der Waals surface area contributed by atoms with Crippen LogP contribution in [0.25, 0.3) is 17.1 Å². The van der Waals surface area contributed by atoms with Gasteiger partial charge >= 0.3 is 12.4 Å². The molecule has 0 radical (unpaired) electrons. The van der Waals surface area contributed by atoms with Crippen LogP contribution in [0.2, 0.25) is 0 Å². The van der Waals surface area contributed by atoms with Crippen LogP contribution in [0.4, 0.5) is 23.7 Å². The van der Waals surface area contributed by atoms with Crippen LogP contribution in [0.3, 0.4) is 0 Å². The summed E-state index contributed by atoms with van der Waals surface area (Å²) in [6.07, 6.45) is -2.18. The SMILES string of the molecule is CCCc1ccc(OC)cc1N1C(=O)CSC1NC(=O)NOC(C)c1ccc(-c2ncn(-c3ccc(OC(F)(F)F)cc3)n2)cc1. The monoisotopic (exact) mass is 656 g/mol. The number of anilines is 1. The normalized spacial score (nSPS) is 15.5. The number of rotatable bonds is 11. The number of nitrogens with zero attached hydrogens (tertiary/aromatic N) is 4. The van der Waals surface area contributed by atoms with Crippen LogP contribution in [0.1, 0.15) is 37.5 Å². The van der Waals surface area contributed by atoms with Crippen molar-refractivity contribution in [3.63, 3.8) is 0 Å². The van der Waals surface area contributed by atoms with Crippen LogP contribution in [-0.2, 0) is 16.1 Å². The van der Waals surface area contributed by atoms with Crippen molar-refractivity contribution in [2.45, 2.75) is 44.7 Å². The summed E-state index contributed by atoms with van der Waals surface area (Å²) in [7, 11) is 1.56. The van der Waals surface area contributed by atoms with E-state index in [1.54, 1.807) is 49.3 Å². The van der Waals surface area contributed by atoms with E-state index in [0.717, 1.165) is 24.0 Å². The molecule has 4 aromatic rings. The van der Waals surface area contributed by atoms with Gasteiger partial charge in [0.1, 0.15) is 23.9 Å². The smallest absolute Gasteiger partial charge is 0.497 e. The number of amides is 3. The fourth-order valence-corrected chi connectivity index (χ4v) is 5.75. The maximum Gasteiger partial charge on any atom is 0.573 e. The average Bonchev–Trinajstić information content (AvgIpc) is 3.67. The highest BCUT2D eigenvalue weighted by Crippen LogP contribution is 2.35. The Morgan fingerprint density at radius 2 is 1.80 bits per heavy atom. The molecule has 1 fully saturated rings. The summed E-state index contributed by atoms with van der Waals surface area (Å²) >= 11 is 1.30. The van der Waals surface area contributed by atoms with Crippen LogP contribution in [0, 0.1) is 0 Å². The van der Waals surface area contributed by atoms with Crippen molar-refractivity contribution in [2.24, 2.45) is 0 Å². The molecule has 2 atom stereocenters.